The molecule has 0 bridgehead atoms. The number of amides is 2. The monoisotopic (exact) mass is 214 g/mol. The predicted molar refractivity (Wildman–Crippen MR) is 59.7 cm³/mol. The first-order valence-corrected chi connectivity index (χ1v) is 5.11. The van der Waals surface area contributed by atoms with Gasteiger partial charge in [0.15, 0.2) is 0 Å². The van der Waals surface area contributed by atoms with Crippen molar-refractivity contribution >= 4 is 11.8 Å². The minimum atomic E-state index is -0.665. The van der Waals surface area contributed by atoms with E-state index >= 15 is 0 Å². The molecule has 0 fully saturated rings. The largest absolute Gasteiger partial charge is 0.370 e. The summed E-state index contributed by atoms with van der Waals surface area (Å²) >= 11 is 0. The molecule has 4 N–H and O–H groups in total. The third-order valence-electron chi connectivity index (χ3n) is 3.97. The molecule has 0 aromatic carbocycles. The summed E-state index contributed by atoms with van der Waals surface area (Å²) in [5, 5.41) is 0. The SMILES string of the molecule is CC(CC(N)=O)C(C)(C)C(C)(C)C(N)=O. The number of hydrogen-bond acceptors (Lipinski definition) is 2. The molecule has 0 rings (SSSR count). The van der Waals surface area contributed by atoms with Crippen LogP contribution in [0.5, 0.6) is 0 Å². The van der Waals surface area contributed by atoms with E-state index in [2.05, 4.69) is 0 Å². The topological polar surface area (TPSA) is 86.2 Å². The van der Waals surface area contributed by atoms with Gasteiger partial charge in [-0.2, -0.15) is 0 Å². The summed E-state index contributed by atoms with van der Waals surface area (Å²) in [6, 6.07) is 0. The van der Waals surface area contributed by atoms with Crippen molar-refractivity contribution in [2.45, 2.75) is 41.0 Å². The van der Waals surface area contributed by atoms with Crippen LogP contribution in [-0.4, -0.2) is 11.8 Å². The minimum absolute atomic E-state index is 0.0116. The molecule has 0 aliphatic carbocycles. The van der Waals surface area contributed by atoms with E-state index in [1.54, 1.807) is 13.8 Å². The molecule has 2 amide bonds. The number of carbonyl (C=O) groups excluding carboxylic acids is 2. The van der Waals surface area contributed by atoms with Gasteiger partial charge in [0.2, 0.25) is 11.8 Å². The van der Waals surface area contributed by atoms with Gasteiger partial charge < -0.3 is 11.5 Å². The van der Waals surface area contributed by atoms with Gasteiger partial charge in [-0.25, -0.2) is 0 Å². The Morgan fingerprint density at radius 1 is 1.13 bits per heavy atom. The normalized spacial score (nSPS) is 14.7. The fraction of sp³-hybridized carbons (Fsp3) is 0.818. The molecule has 15 heavy (non-hydrogen) atoms. The zero-order valence-corrected chi connectivity index (χ0v) is 10.3. The summed E-state index contributed by atoms with van der Waals surface area (Å²) in [4.78, 5) is 22.2. The van der Waals surface area contributed by atoms with Gasteiger partial charge in [0.1, 0.15) is 0 Å². The third-order valence-corrected chi connectivity index (χ3v) is 3.97. The smallest absolute Gasteiger partial charge is 0.223 e. The quantitative estimate of drug-likeness (QED) is 0.716. The molecule has 0 heterocycles. The molecule has 0 aromatic rings. The van der Waals surface area contributed by atoms with Crippen LogP contribution in [-0.2, 0) is 9.59 Å². The second kappa shape index (κ2) is 4.21. The van der Waals surface area contributed by atoms with Gasteiger partial charge in [-0.15, -0.1) is 0 Å². The Labute approximate surface area is 91.4 Å². The molecule has 0 aliphatic rings. The number of nitrogens with two attached hydrogens (primary N) is 2. The van der Waals surface area contributed by atoms with Crippen LogP contribution in [0.2, 0.25) is 0 Å². The van der Waals surface area contributed by atoms with Gasteiger partial charge in [0.25, 0.3) is 0 Å². The molecule has 0 saturated heterocycles. The van der Waals surface area contributed by atoms with E-state index in [1.807, 2.05) is 20.8 Å². The summed E-state index contributed by atoms with van der Waals surface area (Å²) in [7, 11) is 0. The van der Waals surface area contributed by atoms with E-state index in [4.69, 9.17) is 11.5 Å². The standard InChI is InChI=1S/C11H22N2O2/c1-7(6-8(12)14)10(2,3)11(4,5)9(13)15/h7H,6H2,1-5H3,(H2,12,14)(H2,13,15). The lowest BCUT2D eigenvalue weighted by Gasteiger charge is -2.43. The zero-order chi connectivity index (χ0) is 12.4. The van der Waals surface area contributed by atoms with E-state index < -0.39 is 5.41 Å². The molecule has 4 heteroatoms. The number of hydrogen-bond donors (Lipinski definition) is 2. The Morgan fingerprint density at radius 3 is 1.80 bits per heavy atom. The Morgan fingerprint density at radius 2 is 1.53 bits per heavy atom. The number of carbonyl (C=O) groups is 2. The summed E-state index contributed by atoms with van der Waals surface area (Å²) in [5.41, 5.74) is 9.49. The van der Waals surface area contributed by atoms with Crippen LogP contribution in [0, 0.1) is 16.7 Å². The Balaban J connectivity index is 4.95. The van der Waals surface area contributed by atoms with Gasteiger partial charge in [-0.05, 0) is 11.3 Å². The first kappa shape index (κ1) is 13.9. The molecule has 88 valence electrons. The average molecular weight is 214 g/mol. The summed E-state index contributed by atoms with van der Waals surface area (Å²) in [6.07, 6.45) is 0.268. The second-order valence-corrected chi connectivity index (χ2v) is 5.28. The lowest BCUT2D eigenvalue weighted by atomic mass is 9.60. The van der Waals surface area contributed by atoms with Crippen molar-refractivity contribution in [2.24, 2.45) is 28.2 Å². The highest BCUT2D eigenvalue weighted by Crippen LogP contribution is 2.45. The van der Waals surface area contributed by atoms with Crippen molar-refractivity contribution in [3.05, 3.63) is 0 Å². The Kier molecular flexibility index (Phi) is 3.91. The molecular formula is C11H22N2O2. The molecular weight excluding hydrogens is 192 g/mol. The van der Waals surface area contributed by atoms with E-state index in [0.29, 0.717) is 0 Å². The third kappa shape index (κ3) is 2.70. The molecule has 1 unspecified atom stereocenters. The Hall–Kier alpha value is -1.06. The molecule has 0 saturated carbocycles. The van der Waals surface area contributed by atoms with Gasteiger partial charge in [0.05, 0.1) is 0 Å². The van der Waals surface area contributed by atoms with Gasteiger partial charge in [-0.3, -0.25) is 9.59 Å². The fourth-order valence-electron chi connectivity index (χ4n) is 1.49. The molecule has 0 spiro atoms. The van der Waals surface area contributed by atoms with Crippen molar-refractivity contribution in [1.82, 2.24) is 0 Å². The highest BCUT2D eigenvalue weighted by Gasteiger charge is 2.45. The van der Waals surface area contributed by atoms with Crippen molar-refractivity contribution in [2.75, 3.05) is 0 Å². The molecule has 1 atom stereocenters. The second-order valence-electron chi connectivity index (χ2n) is 5.28. The summed E-state index contributed by atoms with van der Waals surface area (Å²) in [6.45, 7) is 9.38. The van der Waals surface area contributed by atoms with Crippen LogP contribution in [0.4, 0.5) is 0 Å². The van der Waals surface area contributed by atoms with Crippen molar-refractivity contribution in [1.29, 1.82) is 0 Å². The van der Waals surface area contributed by atoms with Gasteiger partial charge >= 0.3 is 0 Å². The minimum Gasteiger partial charge on any atom is -0.370 e. The summed E-state index contributed by atoms with van der Waals surface area (Å²) < 4.78 is 0. The maximum Gasteiger partial charge on any atom is 0.223 e. The fourth-order valence-corrected chi connectivity index (χ4v) is 1.49. The van der Waals surface area contributed by atoms with Crippen LogP contribution >= 0.6 is 0 Å². The van der Waals surface area contributed by atoms with Crippen LogP contribution in [0.15, 0.2) is 0 Å². The first-order valence-electron chi connectivity index (χ1n) is 5.11. The van der Waals surface area contributed by atoms with Gasteiger partial charge in [0, 0.05) is 11.8 Å². The molecule has 4 nitrogen and oxygen atoms in total. The van der Waals surface area contributed by atoms with E-state index in [-0.39, 0.29) is 29.6 Å². The van der Waals surface area contributed by atoms with Crippen LogP contribution < -0.4 is 11.5 Å². The predicted octanol–water partition coefficient (Wildman–Crippen LogP) is 1.04. The highest BCUT2D eigenvalue weighted by atomic mass is 16.1. The maximum absolute atomic E-state index is 11.4. The van der Waals surface area contributed by atoms with E-state index in [0.717, 1.165) is 0 Å². The highest BCUT2D eigenvalue weighted by molar-refractivity contribution is 5.81. The summed E-state index contributed by atoms with van der Waals surface area (Å²) in [5.74, 6) is -0.697. The van der Waals surface area contributed by atoms with Crippen LogP contribution in [0.3, 0.4) is 0 Å². The van der Waals surface area contributed by atoms with Crippen LogP contribution in [0.1, 0.15) is 41.0 Å². The van der Waals surface area contributed by atoms with Crippen molar-refractivity contribution in [3.63, 3.8) is 0 Å². The van der Waals surface area contributed by atoms with E-state index in [1.165, 1.54) is 0 Å². The van der Waals surface area contributed by atoms with Crippen molar-refractivity contribution < 1.29 is 9.59 Å². The van der Waals surface area contributed by atoms with Crippen molar-refractivity contribution in [3.8, 4) is 0 Å². The Bertz CT molecular complexity index is 270. The molecule has 0 radical (unpaired) electrons. The van der Waals surface area contributed by atoms with E-state index in [9.17, 15) is 9.59 Å². The lowest BCUT2D eigenvalue weighted by Crippen LogP contribution is -2.47. The lowest BCUT2D eigenvalue weighted by molar-refractivity contribution is -0.136. The average Bonchev–Trinajstić information content (AvgIpc) is 2.01. The first-order chi connectivity index (χ1) is 6.53. The maximum atomic E-state index is 11.4. The number of rotatable bonds is 5. The molecule has 0 aromatic heterocycles. The molecule has 0 aliphatic heterocycles. The van der Waals surface area contributed by atoms with Gasteiger partial charge in [-0.1, -0.05) is 34.6 Å². The zero-order valence-electron chi connectivity index (χ0n) is 10.3. The number of primary amides is 2. The van der Waals surface area contributed by atoms with Crippen LogP contribution in [0.25, 0.3) is 0 Å².